The average molecular weight is 564 g/mol. The molecule has 3 fully saturated rings. The van der Waals surface area contributed by atoms with Crippen LogP contribution in [0.15, 0.2) is 54.7 Å². The fraction of sp³-hybridized carbons (Fsp3) is 0.433. The summed E-state index contributed by atoms with van der Waals surface area (Å²) in [6, 6.07) is 17.2. The number of nitriles is 1. The predicted octanol–water partition coefficient (Wildman–Crippen LogP) is 6.56. The molecule has 9 heteroatoms. The molecule has 0 unspecified atom stereocenters. The van der Waals surface area contributed by atoms with Crippen molar-refractivity contribution in [2.75, 3.05) is 29.5 Å². The van der Waals surface area contributed by atoms with Crippen molar-refractivity contribution in [1.82, 2.24) is 10.3 Å². The van der Waals surface area contributed by atoms with E-state index in [9.17, 15) is 9.18 Å². The van der Waals surface area contributed by atoms with Crippen LogP contribution in [0.1, 0.15) is 44.9 Å². The number of thiazole rings is 1. The van der Waals surface area contributed by atoms with Gasteiger partial charge in [-0.1, -0.05) is 31.4 Å². The number of hydrogen-bond acceptors (Lipinski definition) is 6. The van der Waals surface area contributed by atoms with E-state index in [4.69, 9.17) is 10.0 Å². The van der Waals surface area contributed by atoms with Gasteiger partial charge in [0, 0.05) is 48.0 Å². The molecule has 2 N–H and O–H groups in total. The molecule has 3 aromatic rings. The van der Waals surface area contributed by atoms with Crippen molar-refractivity contribution in [3.63, 3.8) is 0 Å². The first kappa shape index (κ1) is 27.5. The molecule has 2 aliphatic carbocycles. The minimum atomic E-state index is -0.478. The van der Waals surface area contributed by atoms with Crippen molar-refractivity contribution in [3.05, 3.63) is 60.5 Å². The van der Waals surface area contributed by atoms with Gasteiger partial charge in [0.05, 0.1) is 10.9 Å². The molecule has 1 aliphatic heterocycles. The van der Waals surface area contributed by atoms with Gasteiger partial charge in [-0.15, -0.1) is 22.0 Å². The average Bonchev–Trinajstić information content (AvgIpc) is 3.58. The quantitative estimate of drug-likeness (QED) is 0.368. The van der Waals surface area contributed by atoms with E-state index < -0.39 is 5.54 Å². The van der Waals surface area contributed by atoms with E-state index in [0.29, 0.717) is 0 Å². The van der Waals surface area contributed by atoms with Gasteiger partial charge in [-0.25, -0.2) is 9.37 Å². The molecule has 2 saturated carbocycles. The highest BCUT2D eigenvalue weighted by molar-refractivity contribution is 7.86. The third kappa shape index (κ3) is 7.11. The summed E-state index contributed by atoms with van der Waals surface area (Å²) < 4.78 is 20.9. The fourth-order valence-electron chi connectivity index (χ4n) is 4.98. The van der Waals surface area contributed by atoms with Gasteiger partial charge in [0.25, 0.3) is 0 Å². The van der Waals surface area contributed by atoms with Gasteiger partial charge in [0.1, 0.15) is 16.4 Å². The van der Waals surface area contributed by atoms with Crippen LogP contribution < -0.4 is 10.2 Å². The van der Waals surface area contributed by atoms with Crippen LogP contribution in [-0.4, -0.2) is 41.0 Å². The van der Waals surface area contributed by atoms with E-state index in [0.717, 1.165) is 84.1 Å². The molecule has 1 aromatic heterocycles. The SMILES string of the molecule is N#CC1(NC(=O)C2CCCCC2)CC1.N=S1CCN(c2ccc(-c3cnc(-c4ccc(F)cc4)s3)cc2)CC1. The fourth-order valence-corrected chi connectivity index (χ4v) is 6.99. The van der Waals surface area contributed by atoms with E-state index in [1.165, 1.54) is 24.2 Å². The third-order valence-corrected chi connectivity index (χ3v) is 10.1. The number of nitrogens with zero attached hydrogens (tertiary/aromatic N) is 3. The van der Waals surface area contributed by atoms with Gasteiger partial charge < -0.3 is 10.2 Å². The molecule has 2 heterocycles. The molecule has 2 aromatic carbocycles. The van der Waals surface area contributed by atoms with E-state index >= 15 is 0 Å². The maximum Gasteiger partial charge on any atom is 0.224 e. The van der Waals surface area contributed by atoms with Crippen LogP contribution >= 0.6 is 11.3 Å². The van der Waals surface area contributed by atoms with Gasteiger partial charge in [0.2, 0.25) is 5.91 Å². The van der Waals surface area contributed by atoms with Gasteiger partial charge in [-0.2, -0.15) is 5.26 Å². The lowest BCUT2D eigenvalue weighted by Gasteiger charge is -2.29. The summed E-state index contributed by atoms with van der Waals surface area (Å²) in [5.41, 5.74) is 2.83. The molecule has 0 atom stereocenters. The highest BCUT2D eigenvalue weighted by Crippen LogP contribution is 2.36. The Morgan fingerprint density at radius 3 is 2.31 bits per heavy atom. The van der Waals surface area contributed by atoms with Crippen LogP contribution in [0.4, 0.5) is 10.1 Å². The lowest BCUT2D eigenvalue weighted by molar-refractivity contribution is -0.126. The van der Waals surface area contributed by atoms with Gasteiger partial charge in [0.15, 0.2) is 0 Å². The Bertz CT molecular complexity index is 1330. The van der Waals surface area contributed by atoms with Crippen molar-refractivity contribution in [3.8, 4) is 27.1 Å². The van der Waals surface area contributed by atoms with Crippen LogP contribution in [0.5, 0.6) is 0 Å². The van der Waals surface area contributed by atoms with Crippen molar-refractivity contribution in [2.45, 2.75) is 50.5 Å². The Morgan fingerprint density at radius 1 is 1.05 bits per heavy atom. The molecule has 0 spiro atoms. The lowest BCUT2D eigenvalue weighted by atomic mass is 9.88. The molecule has 204 valence electrons. The summed E-state index contributed by atoms with van der Waals surface area (Å²) in [6.45, 7) is 1.95. The Labute approximate surface area is 236 Å². The zero-order valence-corrected chi connectivity index (χ0v) is 23.6. The van der Waals surface area contributed by atoms with E-state index in [1.54, 1.807) is 23.5 Å². The highest BCUT2D eigenvalue weighted by atomic mass is 32.2. The van der Waals surface area contributed by atoms with Gasteiger partial charge >= 0.3 is 0 Å². The second-order valence-electron chi connectivity index (χ2n) is 10.5. The highest BCUT2D eigenvalue weighted by Gasteiger charge is 2.45. The number of hydrogen-bond donors (Lipinski definition) is 2. The molecule has 1 amide bonds. The Morgan fingerprint density at radius 2 is 1.69 bits per heavy atom. The van der Waals surface area contributed by atoms with Crippen molar-refractivity contribution in [1.29, 1.82) is 10.0 Å². The number of carbonyl (C=O) groups is 1. The Hall–Kier alpha value is -3.09. The second-order valence-corrected chi connectivity index (χ2v) is 13.3. The van der Waals surface area contributed by atoms with Crippen LogP contribution in [0.3, 0.4) is 0 Å². The summed E-state index contributed by atoms with van der Waals surface area (Å²) in [5.74, 6) is 2.00. The van der Waals surface area contributed by atoms with Crippen LogP contribution in [0, 0.1) is 27.8 Å². The maximum absolute atomic E-state index is 13.1. The lowest BCUT2D eigenvalue weighted by Crippen LogP contribution is -2.40. The Kier molecular flexibility index (Phi) is 8.73. The van der Waals surface area contributed by atoms with E-state index in [1.807, 2.05) is 6.20 Å². The number of rotatable bonds is 5. The number of aromatic nitrogens is 1. The van der Waals surface area contributed by atoms with Crippen LogP contribution in [0.25, 0.3) is 21.0 Å². The first-order chi connectivity index (χ1) is 18.9. The molecule has 1 saturated heterocycles. The van der Waals surface area contributed by atoms with E-state index in [2.05, 4.69) is 45.5 Å². The molecule has 3 aliphatic rings. The van der Waals surface area contributed by atoms with Crippen molar-refractivity contribution >= 4 is 33.6 Å². The summed E-state index contributed by atoms with van der Waals surface area (Å²) in [7, 11) is -0.158. The minimum absolute atomic E-state index is 0.115. The van der Waals surface area contributed by atoms with Crippen molar-refractivity contribution in [2.24, 2.45) is 5.92 Å². The van der Waals surface area contributed by atoms with Gasteiger partial charge in [-0.05, 0) is 67.6 Å². The number of halogens is 1. The first-order valence-corrected chi connectivity index (χ1v) is 16.0. The number of carbonyl (C=O) groups excluding carboxylic acids is 1. The number of anilines is 1. The maximum atomic E-state index is 13.1. The molecule has 39 heavy (non-hydrogen) atoms. The first-order valence-electron chi connectivity index (χ1n) is 13.6. The summed E-state index contributed by atoms with van der Waals surface area (Å²) in [4.78, 5) is 19.7. The second kappa shape index (κ2) is 12.4. The molecule has 6 nitrogen and oxygen atoms in total. The van der Waals surface area contributed by atoms with Crippen LogP contribution in [-0.2, 0) is 15.5 Å². The van der Waals surface area contributed by atoms with Crippen molar-refractivity contribution < 1.29 is 9.18 Å². The predicted molar refractivity (Wildman–Crippen MR) is 157 cm³/mol. The third-order valence-electron chi connectivity index (χ3n) is 7.63. The topological polar surface area (TPSA) is 92.9 Å². The van der Waals surface area contributed by atoms with Gasteiger partial charge in [-0.3, -0.25) is 9.57 Å². The normalized spacial score (nSPS) is 18.9. The molecule has 6 rings (SSSR count). The number of benzene rings is 2. The largest absolute Gasteiger partial charge is 0.370 e. The molecule has 0 bridgehead atoms. The van der Waals surface area contributed by atoms with Crippen LogP contribution in [0.2, 0.25) is 0 Å². The summed E-state index contributed by atoms with van der Waals surface area (Å²) >= 11 is 1.62. The number of amides is 1. The molecular weight excluding hydrogens is 529 g/mol. The molecule has 0 radical (unpaired) electrons. The Balaban J connectivity index is 0.000000186. The molecular formula is C30H34FN5OS2. The zero-order valence-electron chi connectivity index (χ0n) is 22.0. The number of nitrogens with one attached hydrogen (secondary N) is 2. The summed E-state index contributed by atoms with van der Waals surface area (Å²) in [6.07, 6.45) is 9.15. The van der Waals surface area contributed by atoms with E-state index in [-0.39, 0.29) is 28.3 Å². The minimum Gasteiger partial charge on any atom is -0.370 e. The zero-order chi connectivity index (χ0) is 27.2. The monoisotopic (exact) mass is 563 g/mol. The standard InChI is InChI=1S/C19H18FN3S2.C11H16N2O/c20-16-5-1-15(2-6-16)19-22-13-18(24-19)14-3-7-17(8-4-14)23-9-11-25(21)12-10-23;12-8-11(6-7-11)13-10(14)9-4-2-1-3-5-9/h1-8,13,21H,9-12H2;9H,1-7H2,(H,13,14). The smallest absolute Gasteiger partial charge is 0.224 e. The summed E-state index contributed by atoms with van der Waals surface area (Å²) in [5, 5.41) is 12.6.